The number of amides is 1. The molecule has 0 saturated heterocycles. The van der Waals surface area contributed by atoms with Crippen LogP contribution in [0.1, 0.15) is 20.8 Å². The van der Waals surface area contributed by atoms with Gasteiger partial charge in [-0.25, -0.2) is 4.79 Å². The number of halogens is 1. The van der Waals surface area contributed by atoms with Gasteiger partial charge in [0.05, 0.1) is 0 Å². The Hall–Kier alpha value is -1.04. The number of ether oxygens (including phenoxy) is 1. The topological polar surface area (TPSA) is 64.4 Å². The van der Waals surface area contributed by atoms with Crippen LogP contribution < -0.4 is 5.32 Å². The minimum atomic E-state index is -0.568. The fraction of sp³-hybridized carbons (Fsp3) is 0.500. The summed E-state index contributed by atoms with van der Waals surface area (Å²) in [6.45, 7) is 5.34. The van der Waals surface area contributed by atoms with Crippen molar-refractivity contribution in [3.63, 3.8) is 0 Å². The Morgan fingerprint density at radius 2 is 2.29 bits per heavy atom. The number of hydrogen-bond donors (Lipinski definition) is 1. The van der Waals surface area contributed by atoms with Crippen LogP contribution in [0.15, 0.2) is 15.2 Å². The molecule has 1 amide bonds. The minimum Gasteiger partial charge on any atom is -0.444 e. The molecule has 0 atom stereocenters. The van der Waals surface area contributed by atoms with Gasteiger partial charge >= 0.3 is 6.09 Å². The van der Waals surface area contributed by atoms with Crippen LogP contribution in [-0.2, 0) is 4.74 Å². The molecular weight excluding hydrogens is 252 g/mol. The van der Waals surface area contributed by atoms with E-state index in [1.807, 2.05) is 0 Å². The first-order chi connectivity index (χ1) is 6.37. The van der Waals surface area contributed by atoms with Gasteiger partial charge in [0.15, 0.2) is 4.60 Å². The lowest BCUT2D eigenvalue weighted by Gasteiger charge is -2.18. The molecule has 1 N–H and O–H groups in total. The number of nitrogens with zero attached hydrogens (tertiary/aromatic N) is 1. The molecule has 0 unspecified atom stereocenters. The molecule has 1 aromatic rings. The molecule has 0 bridgehead atoms. The summed E-state index contributed by atoms with van der Waals surface area (Å²) < 4.78 is 10.3. The largest absolute Gasteiger partial charge is 0.444 e. The molecule has 1 aromatic heterocycles. The van der Waals surface area contributed by atoms with Crippen molar-refractivity contribution in [3.05, 3.63) is 10.7 Å². The fourth-order valence-electron chi connectivity index (χ4n) is 0.717. The highest BCUT2D eigenvalue weighted by molar-refractivity contribution is 9.10. The van der Waals surface area contributed by atoms with Gasteiger partial charge in [0, 0.05) is 6.07 Å². The minimum absolute atomic E-state index is 0.242. The van der Waals surface area contributed by atoms with Crippen LogP contribution in [0.2, 0.25) is 0 Å². The molecule has 0 aliphatic carbocycles. The summed E-state index contributed by atoms with van der Waals surface area (Å²) >= 11 is 3.09. The van der Waals surface area contributed by atoms with E-state index < -0.39 is 11.7 Å². The second-order valence-corrected chi connectivity index (χ2v) is 4.45. The molecule has 14 heavy (non-hydrogen) atoms. The van der Waals surface area contributed by atoms with E-state index in [-0.39, 0.29) is 5.88 Å². The van der Waals surface area contributed by atoms with Crippen molar-refractivity contribution in [2.45, 2.75) is 26.4 Å². The van der Waals surface area contributed by atoms with Gasteiger partial charge in [0.2, 0.25) is 5.88 Å². The lowest BCUT2D eigenvalue weighted by atomic mass is 10.2. The van der Waals surface area contributed by atoms with E-state index in [9.17, 15) is 4.79 Å². The predicted octanol–water partition coefficient (Wildman–Crippen LogP) is 2.78. The molecule has 0 radical (unpaired) electrons. The van der Waals surface area contributed by atoms with Crippen LogP contribution in [0, 0.1) is 0 Å². The first-order valence-electron chi connectivity index (χ1n) is 3.99. The van der Waals surface area contributed by atoms with Gasteiger partial charge in [-0.3, -0.25) is 5.32 Å². The summed E-state index contributed by atoms with van der Waals surface area (Å²) in [5.74, 6) is 0.242. The van der Waals surface area contributed by atoms with E-state index in [0.29, 0.717) is 4.60 Å². The van der Waals surface area contributed by atoms with Crippen molar-refractivity contribution < 1.29 is 14.1 Å². The summed E-state index contributed by atoms with van der Waals surface area (Å²) in [6.07, 6.45) is -0.568. The van der Waals surface area contributed by atoms with E-state index in [1.165, 1.54) is 6.07 Å². The van der Waals surface area contributed by atoms with E-state index in [4.69, 9.17) is 9.26 Å². The van der Waals surface area contributed by atoms with Crippen molar-refractivity contribution in [1.82, 2.24) is 5.16 Å². The number of anilines is 1. The Morgan fingerprint density at radius 3 is 2.71 bits per heavy atom. The highest BCUT2D eigenvalue weighted by Gasteiger charge is 2.17. The Bertz CT molecular complexity index is 330. The van der Waals surface area contributed by atoms with Crippen LogP contribution in [0.25, 0.3) is 0 Å². The summed E-state index contributed by atoms with van der Waals surface area (Å²) in [4.78, 5) is 11.2. The first-order valence-corrected chi connectivity index (χ1v) is 4.78. The smallest absolute Gasteiger partial charge is 0.414 e. The normalized spacial score (nSPS) is 11.1. The average molecular weight is 263 g/mol. The molecule has 0 aliphatic rings. The van der Waals surface area contributed by atoms with Gasteiger partial charge in [0.1, 0.15) is 5.60 Å². The quantitative estimate of drug-likeness (QED) is 0.846. The molecule has 0 spiro atoms. The maximum atomic E-state index is 11.2. The molecule has 1 heterocycles. The van der Waals surface area contributed by atoms with E-state index in [0.717, 1.165) is 0 Å². The van der Waals surface area contributed by atoms with Crippen LogP contribution >= 0.6 is 15.9 Å². The zero-order chi connectivity index (χ0) is 10.8. The number of aromatic nitrogens is 1. The molecule has 78 valence electrons. The van der Waals surface area contributed by atoms with Gasteiger partial charge in [0.25, 0.3) is 0 Å². The Balaban J connectivity index is 2.50. The number of hydrogen-bond acceptors (Lipinski definition) is 4. The highest BCUT2D eigenvalue weighted by atomic mass is 79.9. The SMILES string of the molecule is CC(C)(C)OC(=O)Nc1cc(Br)no1. The van der Waals surface area contributed by atoms with Crippen LogP contribution in [0.5, 0.6) is 0 Å². The third kappa shape index (κ3) is 3.78. The fourth-order valence-corrected chi connectivity index (χ4v) is 0.997. The Morgan fingerprint density at radius 1 is 1.64 bits per heavy atom. The first kappa shape index (κ1) is 11.0. The summed E-state index contributed by atoms with van der Waals surface area (Å²) in [7, 11) is 0. The average Bonchev–Trinajstić information content (AvgIpc) is 2.30. The molecule has 0 aliphatic heterocycles. The van der Waals surface area contributed by atoms with E-state index >= 15 is 0 Å². The highest BCUT2D eigenvalue weighted by Crippen LogP contribution is 2.15. The van der Waals surface area contributed by atoms with E-state index in [2.05, 4.69) is 26.4 Å². The molecule has 5 nitrogen and oxygen atoms in total. The van der Waals surface area contributed by atoms with Crippen molar-refractivity contribution >= 4 is 27.9 Å². The van der Waals surface area contributed by atoms with Crippen molar-refractivity contribution in [3.8, 4) is 0 Å². The predicted molar refractivity (Wildman–Crippen MR) is 54.1 cm³/mol. The molecule has 0 saturated carbocycles. The molecule has 0 aromatic carbocycles. The van der Waals surface area contributed by atoms with Crippen molar-refractivity contribution in [2.75, 3.05) is 5.32 Å². The third-order valence-electron chi connectivity index (χ3n) is 1.11. The third-order valence-corrected chi connectivity index (χ3v) is 1.48. The molecular formula is C8H11BrN2O3. The number of carbonyl (C=O) groups is 1. The van der Waals surface area contributed by atoms with Gasteiger partial charge in [-0.1, -0.05) is 5.16 Å². The van der Waals surface area contributed by atoms with Crippen LogP contribution in [0.3, 0.4) is 0 Å². The molecule has 0 fully saturated rings. The lowest BCUT2D eigenvalue weighted by molar-refractivity contribution is 0.0631. The second kappa shape index (κ2) is 4.00. The zero-order valence-electron chi connectivity index (χ0n) is 8.13. The van der Waals surface area contributed by atoms with Crippen LogP contribution in [0.4, 0.5) is 10.7 Å². The zero-order valence-corrected chi connectivity index (χ0v) is 9.71. The van der Waals surface area contributed by atoms with Crippen molar-refractivity contribution in [2.24, 2.45) is 0 Å². The van der Waals surface area contributed by atoms with Gasteiger partial charge in [-0.15, -0.1) is 0 Å². The van der Waals surface area contributed by atoms with Gasteiger partial charge < -0.3 is 9.26 Å². The maximum Gasteiger partial charge on any atom is 0.414 e. The molecule has 1 rings (SSSR count). The Labute approximate surface area is 89.9 Å². The summed E-state index contributed by atoms with van der Waals surface area (Å²) in [5.41, 5.74) is -0.526. The number of carbonyl (C=O) groups excluding carboxylic acids is 1. The summed E-state index contributed by atoms with van der Waals surface area (Å²) in [5, 5.41) is 5.94. The second-order valence-electron chi connectivity index (χ2n) is 3.64. The van der Waals surface area contributed by atoms with Crippen LogP contribution in [-0.4, -0.2) is 16.9 Å². The van der Waals surface area contributed by atoms with Crippen molar-refractivity contribution in [1.29, 1.82) is 0 Å². The molecule has 6 heteroatoms. The van der Waals surface area contributed by atoms with E-state index in [1.54, 1.807) is 20.8 Å². The van der Waals surface area contributed by atoms with Gasteiger partial charge in [-0.05, 0) is 36.7 Å². The Kier molecular flexibility index (Phi) is 3.15. The number of nitrogens with one attached hydrogen (secondary N) is 1. The maximum absolute atomic E-state index is 11.2. The van der Waals surface area contributed by atoms with Gasteiger partial charge in [-0.2, -0.15) is 0 Å². The lowest BCUT2D eigenvalue weighted by Crippen LogP contribution is -2.27. The standard InChI is InChI=1S/C8H11BrN2O3/c1-8(2,3)13-7(12)10-6-4-5(9)11-14-6/h4H,1-3H3,(H,10,12). The monoisotopic (exact) mass is 262 g/mol. The number of rotatable bonds is 1. The summed E-state index contributed by atoms with van der Waals surface area (Å²) in [6, 6.07) is 1.53.